The maximum absolute atomic E-state index is 12.3. The number of carbonyl (C=O) groups is 1. The Morgan fingerprint density at radius 3 is 2.76 bits per heavy atom. The highest BCUT2D eigenvalue weighted by atomic mass is 16.3. The lowest BCUT2D eigenvalue weighted by atomic mass is 9.91. The molecule has 0 spiro atoms. The van der Waals surface area contributed by atoms with Crippen molar-refractivity contribution in [3.8, 4) is 0 Å². The normalized spacial score (nSPS) is 15.4. The van der Waals surface area contributed by atoms with E-state index in [1.54, 1.807) is 17.2 Å². The van der Waals surface area contributed by atoms with Crippen molar-refractivity contribution in [2.45, 2.75) is 32.2 Å². The van der Waals surface area contributed by atoms with E-state index in [4.69, 9.17) is 5.11 Å². The molecule has 1 fully saturated rings. The van der Waals surface area contributed by atoms with Crippen LogP contribution in [0, 0.1) is 6.92 Å². The van der Waals surface area contributed by atoms with E-state index < -0.39 is 0 Å². The van der Waals surface area contributed by atoms with Crippen molar-refractivity contribution in [1.29, 1.82) is 0 Å². The Hall–Kier alpha value is -1.42. The number of hydrogen-bond donors (Lipinski definition) is 1. The Morgan fingerprint density at radius 1 is 1.53 bits per heavy atom. The van der Waals surface area contributed by atoms with Crippen molar-refractivity contribution < 1.29 is 9.90 Å². The first-order valence-corrected chi connectivity index (χ1v) is 6.07. The van der Waals surface area contributed by atoms with Crippen LogP contribution in [0.15, 0.2) is 18.3 Å². The van der Waals surface area contributed by atoms with Crippen LogP contribution in [0.2, 0.25) is 0 Å². The smallest absolute Gasteiger partial charge is 0.255 e. The third-order valence-corrected chi connectivity index (χ3v) is 3.28. The Kier molecular flexibility index (Phi) is 3.74. The second kappa shape index (κ2) is 5.27. The fraction of sp³-hybridized carbons (Fsp3) is 0.538. The van der Waals surface area contributed by atoms with Gasteiger partial charge in [0.15, 0.2) is 0 Å². The molecule has 1 aromatic rings. The predicted molar refractivity (Wildman–Crippen MR) is 64.7 cm³/mol. The van der Waals surface area contributed by atoms with Crippen molar-refractivity contribution in [3.63, 3.8) is 0 Å². The average molecular weight is 234 g/mol. The molecule has 0 bridgehead atoms. The predicted octanol–water partition coefficient (Wildman–Crippen LogP) is 1.38. The molecule has 0 radical (unpaired) electrons. The molecule has 0 saturated heterocycles. The van der Waals surface area contributed by atoms with E-state index in [-0.39, 0.29) is 12.5 Å². The van der Waals surface area contributed by atoms with E-state index in [1.807, 2.05) is 13.0 Å². The highest BCUT2D eigenvalue weighted by Gasteiger charge is 2.28. The quantitative estimate of drug-likeness (QED) is 0.856. The number of carbonyl (C=O) groups excluding carboxylic acids is 1. The lowest BCUT2D eigenvalue weighted by Crippen LogP contribution is -2.45. The molecular formula is C13H18N2O2. The van der Waals surface area contributed by atoms with Crippen LogP contribution in [-0.4, -0.2) is 40.1 Å². The Labute approximate surface area is 101 Å². The minimum Gasteiger partial charge on any atom is -0.395 e. The molecule has 4 heteroatoms. The third-order valence-electron chi connectivity index (χ3n) is 3.28. The molecule has 1 aromatic heterocycles. The fourth-order valence-corrected chi connectivity index (χ4v) is 2.02. The highest BCUT2D eigenvalue weighted by molar-refractivity contribution is 5.94. The van der Waals surface area contributed by atoms with Gasteiger partial charge < -0.3 is 10.0 Å². The van der Waals surface area contributed by atoms with Crippen LogP contribution < -0.4 is 0 Å². The molecular weight excluding hydrogens is 216 g/mol. The van der Waals surface area contributed by atoms with Gasteiger partial charge in [-0.2, -0.15) is 0 Å². The molecule has 1 amide bonds. The molecule has 0 aliphatic heterocycles. The maximum Gasteiger partial charge on any atom is 0.255 e. The summed E-state index contributed by atoms with van der Waals surface area (Å²) in [6, 6.07) is 3.94. The van der Waals surface area contributed by atoms with Gasteiger partial charge in [-0.15, -0.1) is 0 Å². The van der Waals surface area contributed by atoms with Crippen molar-refractivity contribution >= 4 is 5.91 Å². The van der Waals surface area contributed by atoms with E-state index in [2.05, 4.69) is 4.98 Å². The SMILES string of the molecule is Cc1ccc(C(=O)N(CCO)C2CCC2)cn1. The van der Waals surface area contributed by atoms with Gasteiger partial charge in [-0.1, -0.05) is 0 Å². The van der Waals surface area contributed by atoms with Crippen LogP contribution >= 0.6 is 0 Å². The molecule has 4 nitrogen and oxygen atoms in total. The van der Waals surface area contributed by atoms with Gasteiger partial charge in [0.2, 0.25) is 0 Å². The van der Waals surface area contributed by atoms with Crippen LogP contribution in [0.3, 0.4) is 0 Å². The summed E-state index contributed by atoms with van der Waals surface area (Å²) in [4.78, 5) is 18.2. The minimum absolute atomic E-state index is 0.0154. The molecule has 0 aromatic carbocycles. The summed E-state index contributed by atoms with van der Waals surface area (Å²) < 4.78 is 0. The van der Waals surface area contributed by atoms with Crippen molar-refractivity contribution in [2.24, 2.45) is 0 Å². The third kappa shape index (κ3) is 2.64. The van der Waals surface area contributed by atoms with Crippen LogP contribution in [0.5, 0.6) is 0 Å². The summed E-state index contributed by atoms with van der Waals surface area (Å²) in [5, 5.41) is 9.04. The number of rotatable bonds is 4. The molecule has 1 heterocycles. The zero-order valence-electron chi connectivity index (χ0n) is 10.1. The molecule has 1 N–H and O–H groups in total. The topological polar surface area (TPSA) is 53.4 Å². The Morgan fingerprint density at radius 2 is 2.29 bits per heavy atom. The fourth-order valence-electron chi connectivity index (χ4n) is 2.02. The van der Waals surface area contributed by atoms with Gasteiger partial charge in [-0.25, -0.2) is 0 Å². The van der Waals surface area contributed by atoms with E-state index in [1.165, 1.54) is 6.42 Å². The number of aromatic nitrogens is 1. The molecule has 0 unspecified atom stereocenters. The standard InChI is InChI=1S/C13H18N2O2/c1-10-5-6-11(9-14-10)13(17)15(7-8-16)12-3-2-4-12/h5-6,9,12,16H,2-4,7-8H2,1H3. The van der Waals surface area contributed by atoms with Crippen LogP contribution in [0.1, 0.15) is 35.3 Å². The van der Waals surface area contributed by atoms with Crippen LogP contribution in [-0.2, 0) is 0 Å². The van der Waals surface area contributed by atoms with E-state index in [0.717, 1.165) is 18.5 Å². The van der Waals surface area contributed by atoms with E-state index >= 15 is 0 Å². The molecule has 2 rings (SSSR count). The summed E-state index contributed by atoms with van der Waals surface area (Å²) in [7, 11) is 0. The summed E-state index contributed by atoms with van der Waals surface area (Å²) in [6.07, 6.45) is 4.88. The lowest BCUT2D eigenvalue weighted by Gasteiger charge is -2.37. The van der Waals surface area contributed by atoms with Gasteiger partial charge in [0.05, 0.1) is 12.2 Å². The zero-order chi connectivity index (χ0) is 12.3. The second-order valence-corrected chi connectivity index (χ2v) is 4.50. The number of amides is 1. The summed E-state index contributed by atoms with van der Waals surface area (Å²) in [5.41, 5.74) is 1.51. The van der Waals surface area contributed by atoms with Gasteiger partial charge in [0.1, 0.15) is 0 Å². The van der Waals surface area contributed by atoms with Gasteiger partial charge in [0, 0.05) is 24.5 Å². The number of nitrogens with zero attached hydrogens (tertiary/aromatic N) is 2. The largest absolute Gasteiger partial charge is 0.395 e. The molecule has 1 aliphatic carbocycles. The first-order valence-electron chi connectivity index (χ1n) is 6.07. The number of aliphatic hydroxyl groups excluding tert-OH is 1. The van der Waals surface area contributed by atoms with Gasteiger partial charge >= 0.3 is 0 Å². The van der Waals surface area contributed by atoms with Gasteiger partial charge in [-0.05, 0) is 38.3 Å². The molecule has 92 valence electrons. The highest BCUT2D eigenvalue weighted by Crippen LogP contribution is 2.25. The van der Waals surface area contributed by atoms with Crippen LogP contribution in [0.25, 0.3) is 0 Å². The van der Waals surface area contributed by atoms with Gasteiger partial charge in [0.25, 0.3) is 5.91 Å². The Balaban J connectivity index is 2.12. The van der Waals surface area contributed by atoms with Gasteiger partial charge in [-0.3, -0.25) is 9.78 Å². The average Bonchev–Trinajstić information content (AvgIpc) is 2.26. The molecule has 0 atom stereocenters. The number of pyridine rings is 1. The lowest BCUT2D eigenvalue weighted by molar-refractivity contribution is 0.0525. The first kappa shape index (κ1) is 12.0. The zero-order valence-corrected chi connectivity index (χ0v) is 10.1. The first-order chi connectivity index (χ1) is 8.22. The molecule has 1 saturated carbocycles. The summed E-state index contributed by atoms with van der Waals surface area (Å²) >= 11 is 0. The molecule has 1 aliphatic rings. The summed E-state index contributed by atoms with van der Waals surface area (Å²) in [6.45, 7) is 2.32. The van der Waals surface area contributed by atoms with Crippen molar-refractivity contribution in [3.05, 3.63) is 29.6 Å². The van der Waals surface area contributed by atoms with Crippen molar-refractivity contribution in [2.75, 3.05) is 13.2 Å². The number of hydrogen-bond acceptors (Lipinski definition) is 3. The van der Waals surface area contributed by atoms with Crippen LogP contribution in [0.4, 0.5) is 0 Å². The number of aliphatic hydroxyl groups is 1. The van der Waals surface area contributed by atoms with Crippen molar-refractivity contribution in [1.82, 2.24) is 9.88 Å². The number of aryl methyl sites for hydroxylation is 1. The minimum atomic E-state index is -0.0174. The summed E-state index contributed by atoms with van der Waals surface area (Å²) in [5.74, 6) is -0.0174. The monoisotopic (exact) mass is 234 g/mol. The second-order valence-electron chi connectivity index (χ2n) is 4.50. The van der Waals surface area contributed by atoms with E-state index in [9.17, 15) is 4.79 Å². The van der Waals surface area contributed by atoms with E-state index in [0.29, 0.717) is 18.2 Å². The molecule has 17 heavy (non-hydrogen) atoms. The maximum atomic E-state index is 12.3. The Bertz CT molecular complexity index is 385.